The number of hydrogen-bond acceptors (Lipinski definition) is 4. The number of halogens is 1. The molecule has 2 aromatic rings. The summed E-state index contributed by atoms with van der Waals surface area (Å²) in [6, 6.07) is 6.89. The van der Waals surface area contributed by atoms with Crippen LogP contribution in [0.25, 0.3) is 0 Å². The van der Waals surface area contributed by atoms with E-state index in [1.807, 2.05) is 24.0 Å². The SMILES string of the molecule is CC[C@@H](C)c1nc(C)c(Cc2ccccc2F)c(N2CCN(C(=O)CC(C)C)CC2)n1. The monoisotopic (exact) mass is 426 g/mol. The molecule has 31 heavy (non-hydrogen) atoms. The topological polar surface area (TPSA) is 49.3 Å². The summed E-state index contributed by atoms with van der Waals surface area (Å²) in [5.41, 5.74) is 2.53. The van der Waals surface area contributed by atoms with Gasteiger partial charge in [0, 0.05) is 56.2 Å². The number of hydrogen-bond donors (Lipinski definition) is 0. The minimum Gasteiger partial charge on any atom is -0.353 e. The van der Waals surface area contributed by atoms with Gasteiger partial charge in [0.1, 0.15) is 17.5 Å². The zero-order valence-electron chi connectivity index (χ0n) is 19.5. The Morgan fingerprint density at radius 1 is 1.10 bits per heavy atom. The molecule has 1 fully saturated rings. The zero-order chi connectivity index (χ0) is 22.5. The third-order valence-electron chi connectivity index (χ3n) is 6.10. The van der Waals surface area contributed by atoms with Crippen molar-refractivity contribution >= 4 is 11.7 Å². The minimum absolute atomic E-state index is 0.206. The van der Waals surface area contributed by atoms with Crippen LogP contribution in [0.4, 0.5) is 10.2 Å². The van der Waals surface area contributed by atoms with E-state index >= 15 is 0 Å². The number of benzene rings is 1. The second-order valence-corrected chi connectivity index (χ2v) is 9.01. The highest BCUT2D eigenvalue weighted by molar-refractivity contribution is 5.76. The molecule has 1 aromatic heterocycles. The quantitative estimate of drug-likeness (QED) is 0.643. The highest BCUT2D eigenvalue weighted by Crippen LogP contribution is 2.28. The van der Waals surface area contributed by atoms with Crippen molar-refractivity contribution in [1.29, 1.82) is 0 Å². The van der Waals surface area contributed by atoms with Crippen LogP contribution in [0.3, 0.4) is 0 Å². The summed E-state index contributed by atoms with van der Waals surface area (Å²) < 4.78 is 14.4. The average Bonchev–Trinajstić information content (AvgIpc) is 2.75. The van der Waals surface area contributed by atoms with E-state index in [2.05, 4.69) is 32.6 Å². The van der Waals surface area contributed by atoms with Gasteiger partial charge in [-0.15, -0.1) is 0 Å². The molecule has 0 spiro atoms. The fourth-order valence-electron chi connectivity index (χ4n) is 3.95. The Hall–Kier alpha value is -2.50. The van der Waals surface area contributed by atoms with Crippen molar-refractivity contribution in [3.05, 3.63) is 52.7 Å². The Balaban J connectivity index is 1.89. The Labute approximate surface area is 185 Å². The van der Waals surface area contributed by atoms with E-state index in [1.165, 1.54) is 6.07 Å². The molecule has 1 aromatic carbocycles. The van der Waals surface area contributed by atoms with Crippen LogP contribution in [-0.4, -0.2) is 47.0 Å². The Kier molecular flexibility index (Phi) is 7.63. The number of carbonyl (C=O) groups excluding carboxylic acids is 1. The van der Waals surface area contributed by atoms with Crippen LogP contribution < -0.4 is 4.90 Å². The summed E-state index contributed by atoms with van der Waals surface area (Å²) >= 11 is 0. The van der Waals surface area contributed by atoms with E-state index < -0.39 is 0 Å². The summed E-state index contributed by atoms with van der Waals surface area (Å²) in [6.45, 7) is 13.2. The molecule has 1 atom stereocenters. The number of anilines is 1. The first kappa shape index (κ1) is 23.2. The summed E-state index contributed by atoms with van der Waals surface area (Å²) in [7, 11) is 0. The minimum atomic E-state index is -0.206. The fourth-order valence-corrected chi connectivity index (χ4v) is 3.95. The lowest BCUT2D eigenvalue weighted by atomic mass is 10.0. The van der Waals surface area contributed by atoms with Gasteiger partial charge in [0.25, 0.3) is 0 Å². The third-order valence-corrected chi connectivity index (χ3v) is 6.10. The molecule has 1 amide bonds. The van der Waals surface area contributed by atoms with Crippen LogP contribution in [-0.2, 0) is 11.2 Å². The van der Waals surface area contributed by atoms with Gasteiger partial charge in [0.15, 0.2) is 0 Å². The Morgan fingerprint density at radius 3 is 2.39 bits per heavy atom. The Morgan fingerprint density at radius 2 is 1.77 bits per heavy atom. The number of aromatic nitrogens is 2. The van der Waals surface area contributed by atoms with Crippen molar-refractivity contribution in [2.24, 2.45) is 5.92 Å². The standard InChI is InChI=1S/C25H35FN4O/c1-6-18(4)24-27-19(5)21(16-20-9-7-8-10-22(20)26)25(28-24)30-13-11-29(12-14-30)23(31)15-17(2)3/h7-10,17-18H,6,11-16H2,1-5H3/t18-/m1/s1. The molecule has 1 aliphatic heterocycles. The number of nitrogens with zero attached hydrogens (tertiary/aromatic N) is 4. The van der Waals surface area contributed by atoms with E-state index in [4.69, 9.17) is 9.97 Å². The summed E-state index contributed by atoms with van der Waals surface area (Å²) in [4.78, 5) is 26.4. The number of carbonyl (C=O) groups is 1. The molecule has 6 heteroatoms. The maximum absolute atomic E-state index is 14.4. The van der Waals surface area contributed by atoms with Crippen LogP contribution in [0.15, 0.2) is 24.3 Å². The molecule has 0 N–H and O–H groups in total. The predicted octanol–water partition coefficient (Wildman–Crippen LogP) is 4.72. The average molecular weight is 427 g/mol. The van der Waals surface area contributed by atoms with Crippen molar-refractivity contribution in [2.45, 2.75) is 59.8 Å². The lowest BCUT2D eigenvalue weighted by Crippen LogP contribution is -2.49. The van der Waals surface area contributed by atoms with Crippen molar-refractivity contribution in [3.8, 4) is 0 Å². The van der Waals surface area contributed by atoms with E-state index in [9.17, 15) is 9.18 Å². The molecule has 1 aliphatic rings. The van der Waals surface area contributed by atoms with Gasteiger partial charge in [0.05, 0.1) is 0 Å². The second kappa shape index (κ2) is 10.2. The van der Waals surface area contributed by atoms with E-state index in [0.29, 0.717) is 37.4 Å². The maximum Gasteiger partial charge on any atom is 0.222 e. The first-order valence-electron chi connectivity index (χ1n) is 11.4. The molecule has 2 heterocycles. The highest BCUT2D eigenvalue weighted by atomic mass is 19.1. The molecular weight excluding hydrogens is 391 g/mol. The molecule has 0 aliphatic carbocycles. The molecule has 5 nitrogen and oxygen atoms in total. The van der Waals surface area contributed by atoms with Crippen molar-refractivity contribution in [1.82, 2.24) is 14.9 Å². The normalized spacial score (nSPS) is 15.5. The maximum atomic E-state index is 14.4. The molecular formula is C25H35FN4O. The van der Waals surface area contributed by atoms with Crippen LogP contribution >= 0.6 is 0 Å². The van der Waals surface area contributed by atoms with E-state index in [-0.39, 0.29) is 17.6 Å². The lowest BCUT2D eigenvalue weighted by Gasteiger charge is -2.37. The van der Waals surface area contributed by atoms with Gasteiger partial charge in [-0.3, -0.25) is 4.79 Å². The smallest absolute Gasteiger partial charge is 0.222 e. The Bertz CT molecular complexity index is 906. The van der Waals surface area contributed by atoms with Crippen LogP contribution in [0.2, 0.25) is 0 Å². The molecule has 0 radical (unpaired) electrons. The second-order valence-electron chi connectivity index (χ2n) is 9.01. The van der Waals surface area contributed by atoms with Crippen molar-refractivity contribution in [2.75, 3.05) is 31.1 Å². The van der Waals surface area contributed by atoms with E-state index in [1.54, 1.807) is 6.07 Å². The van der Waals surface area contributed by atoms with Crippen LogP contribution in [0.5, 0.6) is 0 Å². The van der Waals surface area contributed by atoms with Crippen LogP contribution in [0.1, 0.15) is 69.1 Å². The van der Waals surface area contributed by atoms with Gasteiger partial charge in [-0.25, -0.2) is 14.4 Å². The van der Waals surface area contributed by atoms with Gasteiger partial charge < -0.3 is 9.80 Å². The summed E-state index contributed by atoms with van der Waals surface area (Å²) in [6.07, 6.45) is 2.01. The first-order valence-corrected chi connectivity index (χ1v) is 11.4. The largest absolute Gasteiger partial charge is 0.353 e. The lowest BCUT2D eigenvalue weighted by molar-refractivity contribution is -0.132. The molecule has 0 unspecified atom stereocenters. The number of amides is 1. The zero-order valence-corrected chi connectivity index (χ0v) is 19.5. The molecule has 0 bridgehead atoms. The summed E-state index contributed by atoms with van der Waals surface area (Å²) in [5, 5.41) is 0. The van der Waals surface area contributed by atoms with Crippen molar-refractivity contribution < 1.29 is 9.18 Å². The molecule has 3 rings (SSSR count). The highest BCUT2D eigenvalue weighted by Gasteiger charge is 2.26. The van der Waals surface area contributed by atoms with Gasteiger partial charge in [-0.2, -0.15) is 0 Å². The first-order chi connectivity index (χ1) is 14.8. The number of aryl methyl sites for hydroxylation is 1. The summed E-state index contributed by atoms with van der Waals surface area (Å²) in [5.74, 6) is 2.37. The van der Waals surface area contributed by atoms with Crippen molar-refractivity contribution in [3.63, 3.8) is 0 Å². The van der Waals surface area contributed by atoms with Gasteiger partial charge in [-0.05, 0) is 30.9 Å². The third kappa shape index (κ3) is 5.60. The van der Waals surface area contributed by atoms with Gasteiger partial charge in [-0.1, -0.05) is 45.9 Å². The molecule has 168 valence electrons. The number of piperazine rings is 1. The molecule has 0 saturated carbocycles. The predicted molar refractivity (Wildman–Crippen MR) is 123 cm³/mol. The van der Waals surface area contributed by atoms with Gasteiger partial charge >= 0.3 is 0 Å². The number of rotatable bonds is 7. The molecule has 1 saturated heterocycles. The van der Waals surface area contributed by atoms with E-state index in [0.717, 1.165) is 42.4 Å². The van der Waals surface area contributed by atoms with Crippen LogP contribution in [0, 0.1) is 18.7 Å². The van der Waals surface area contributed by atoms with Gasteiger partial charge in [0.2, 0.25) is 5.91 Å². The fraction of sp³-hybridized carbons (Fsp3) is 0.560.